The van der Waals surface area contributed by atoms with Crippen LogP contribution in [0.1, 0.15) is 38.8 Å². The molecule has 188 valence electrons. The summed E-state index contributed by atoms with van der Waals surface area (Å²) < 4.78 is 11.3. The first kappa shape index (κ1) is 23.6. The Labute approximate surface area is 221 Å². The second-order valence-corrected chi connectivity index (χ2v) is 9.25. The number of rotatable bonds is 8. The molecule has 4 aromatic carbocycles. The number of carbonyl (C=O) groups excluding carboxylic acids is 1. The quantitative estimate of drug-likeness (QED) is 0.267. The van der Waals surface area contributed by atoms with Crippen LogP contribution in [0.3, 0.4) is 0 Å². The average Bonchev–Trinajstić information content (AvgIpc) is 3.52. The average molecular weight is 502 g/mol. The number of ether oxygens (including phenoxy) is 2. The van der Waals surface area contributed by atoms with E-state index in [4.69, 9.17) is 9.47 Å². The van der Waals surface area contributed by atoms with Gasteiger partial charge in [-0.15, -0.1) is 0 Å². The van der Waals surface area contributed by atoms with E-state index in [2.05, 4.69) is 10.2 Å². The minimum atomic E-state index is -0.295. The van der Waals surface area contributed by atoms with Crippen LogP contribution >= 0.6 is 0 Å². The van der Waals surface area contributed by atoms with Crippen molar-refractivity contribution in [3.8, 4) is 22.8 Å². The van der Waals surface area contributed by atoms with E-state index in [9.17, 15) is 4.79 Å². The van der Waals surface area contributed by atoms with Crippen LogP contribution in [0.25, 0.3) is 11.3 Å². The molecule has 6 rings (SSSR count). The molecule has 1 atom stereocenters. The van der Waals surface area contributed by atoms with Gasteiger partial charge in [-0.05, 0) is 41.0 Å². The monoisotopic (exact) mass is 501 g/mol. The van der Waals surface area contributed by atoms with E-state index in [1.165, 1.54) is 0 Å². The Bertz CT molecular complexity index is 1530. The first-order valence-electron chi connectivity index (χ1n) is 12.6. The van der Waals surface area contributed by atoms with Crippen molar-refractivity contribution in [1.29, 1.82) is 0 Å². The Morgan fingerprint density at radius 1 is 0.789 bits per heavy atom. The van der Waals surface area contributed by atoms with E-state index in [1.54, 1.807) is 7.11 Å². The molecule has 6 nitrogen and oxygen atoms in total. The zero-order valence-electron chi connectivity index (χ0n) is 21.0. The molecule has 1 aliphatic heterocycles. The molecule has 1 N–H and O–H groups in total. The third-order valence-electron chi connectivity index (χ3n) is 6.87. The summed E-state index contributed by atoms with van der Waals surface area (Å²) in [5.41, 5.74) is 6.32. The maximum atomic E-state index is 13.7. The summed E-state index contributed by atoms with van der Waals surface area (Å²) in [6.07, 6.45) is 0. The summed E-state index contributed by atoms with van der Waals surface area (Å²) in [6, 6.07) is 35.6. The van der Waals surface area contributed by atoms with Gasteiger partial charge in [0.25, 0.3) is 5.91 Å². The van der Waals surface area contributed by atoms with Gasteiger partial charge in [-0.25, -0.2) is 0 Å². The van der Waals surface area contributed by atoms with Crippen molar-refractivity contribution in [3.05, 3.63) is 137 Å². The van der Waals surface area contributed by atoms with Crippen molar-refractivity contribution >= 4 is 5.91 Å². The van der Waals surface area contributed by atoms with Gasteiger partial charge in [0.2, 0.25) is 0 Å². The molecule has 0 saturated carbocycles. The van der Waals surface area contributed by atoms with Crippen LogP contribution in [0.15, 0.2) is 109 Å². The standard InChI is InChI=1S/C32H27N3O3/c1-37-26-16-12-22(13-17-26)20-35-31(25-14-18-27(19-15-25)38-21-23-8-4-2-5-9-23)28-29(24-10-6-3-7-11-24)33-34-30(28)32(35)36/h2-19,31H,20-21H2,1H3,(H,33,34). The number of aromatic amines is 1. The molecular formula is C32H27N3O3. The number of nitrogens with one attached hydrogen (secondary N) is 1. The number of benzene rings is 4. The summed E-state index contributed by atoms with van der Waals surface area (Å²) >= 11 is 0. The molecule has 2 heterocycles. The summed E-state index contributed by atoms with van der Waals surface area (Å²) in [7, 11) is 1.65. The Morgan fingerprint density at radius 2 is 1.45 bits per heavy atom. The number of carbonyl (C=O) groups is 1. The molecule has 0 radical (unpaired) electrons. The normalized spacial score (nSPS) is 14.4. The molecule has 1 aromatic heterocycles. The predicted octanol–water partition coefficient (Wildman–Crippen LogP) is 6.41. The van der Waals surface area contributed by atoms with Crippen LogP contribution in [0.2, 0.25) is 0 Å². The minimum Gasteiger partial charge on any atom is -0.497 e. The van der Waals surface area contributed by atoms with Gasteiger partial charge in [0.1, 0.15) is 23.8 Å². The van der Waals surface area contributed by atoms with Crippen LogP contribution in [0.5, 0.6) is 11.5 Å². The molecule has 0 fully saturated rings. The highest BCUT2D eigenvalue weighted by molar-refractivity contribution is 6.00. The largest absolute Gasteiger partial charge is 0.497 e. The van der Waals surface area contributed by atoms with Crippen molar-refractivity contribution in [2.45, 2.75) is 19.2 Å². The van der Waals surface area contributed by atoms with E-state index in [-0.39, 0.29) is 11.9 Å². The zero-order chi connectivity index (χ0) is 25.9. The van der Waals surface area contributed by atoms with Gasteiger partial charge in [-0.3, -0.25) is 9.89 Å². The fraction of sp³-hybridized carbons (Fsp3) is 0.125. The fourth-order valence-corrected chi connectivity index (χ4v) is 4.94. The highest BCUT2D eigenvalue weighted by Crippen LogP contribution is 2.43. The lowest BCUT2D eigenvalue weighted by molar-refractivity contribution is 0.0730. The first-order chi connectivity index (χ1) is 18.7. The predicted molar refractivity (Wildman–Crippen MR) is 146 cm³/mol. The van der Waals surface area contributed by atoms with E-state index >= 15 is 0 Å². The summed E-state index contributed by atoms with van der Waals surface area (Å²) in [4.78, 5) is 15.6. The van der Waals surface area contributed by atoms with E-state index < -0.39 is 0 Å². The van der Waals surface area contributed by atoms with Gasteiger partial charge < -0.3 is 14.4 Å². The Hall–Kier alpha value is -4.84. The fourth-order valence-electron chi connectivity index (χ4n) is 4.94. The van der Waals surface area contributed by atoms with Gasteiger partial charge in [0, 0.05) is 17.7 Å². The maximum absolute atomic E-state index is 13.7. The Morgan fingerprint density at radius 3 is 2.13 bits per heavy atom. The van der Waals surface area contributed by atoms with Crippen LogP contribution in [0, 0.1) is 0 Å². The second-order valence-electron chi connectivity index (χ2n) is 9.25. The number of hydrogen-bond donors (Lipinski definition) is 1. The highest BCUT2D eigenvalue weighted by atomic mass is 16.5. The minimum absolute atomic E-state index is 0.0695. The Kier molecular flexibility index (Phi) is 6.36. The van der Waals surface area contributed by atoms with E-state index in [0.717, 1.165) is 45.0 Å². The molecule has 0 bridgehead atoms. The zero-order valence-corrected chi connectivity index (χ0v) is 21.0. The van der Waals surface area contributed by atoms with Crippen LogP contribution < -0.4 is 9.47 Å². The van der Waals surface area contributed by atoms with Gasteiger partial charge >= 0.3 is 0 Å². The molecule has 1 amide bonds. The number of methoxy groups -OCH3 is 1. The van der Waals surface area contributed by atoms with Gasteiger partial charge in [-0.2, -0.15) is 5.10 Å². The lowest BCUT2D eigenvalue weighted by atomic mass is 9.96. The van der Waals surface area contributed by atoms with Crippen LogP contribution in [-0.2, 0) is 13.2 Å². The summed E-state index contributed by atoms with van der Waals surface area (Å²) in [5, 5.41) is 7.60. The van der Waals surface area contributed by atoms with Crippen molar-refractivity contribution in [2.75, 3.05) is 7.11 Å². The molecule has 5 aromatic rings. The molecule has 38 heavy (non-hydrogen) atoms. The van der Waals surface area contributed by atoms with Crippen LogP contribution in [0.4, 0.5) is 0 Å². The third kappa shape index (κ3) is 4.52. The van der Waals surface area contributed by atoms with Gasteiger partial charge in [-0.1, -0.05) is 84.9 Å². The van der Waals surface area contributed by atoms with Gasteiger partial charge in [0.15, 0.2) is 0 Å². The number of amides is 1. The smallest absolute Gasteiger partial charge is 0.273 e. The topological polar surface area (TPSA) is 67.5 Å². The van der Waals surface area contributed by atoms with Crippen molar-refractivity contribution in [2.24, 2.45) is 0 Å². The summed E-state index contributed by atoms with van der Waals surface area (Å²) in [6.45, 7) is 0.951. The highest BCUT2D eigenvalue weighted by Gasteiger charge is 2.42. The molecule has 1 aliphatic rings. The SMILES string of the molecule is COc1ccc(CN2C(=O)c3[nH]nc(-c4ccccc4)c3C2c2ccc(OCc3ccccc3)cc2)cc1. The van der Waals surface area contributed by atoms with E-state index in [0.29, 0.717) is 18.8 Å². The lowest BCUT2D eigenvalue weighted by Crippen LogP contribution is -2.29. The maximum Gasteiger partial charge on any atom is 0.273 e. The Balaban J connectivity index is 1.34. The van der Waals surface area contributed by atoms with Crippen molar-refractivity contribution in [1.82, 2.24) is 15.1 Å². The van der Waals surface area contributed by atoms with Crippen LogP contribution in [-0.4, -0.2) is 28.1 Å². The second kappa shape index (κ2) is 10.3. The molecule has 6 heteroatoms. The number of nitrogens with zero attached hydrogens (tertiary/aromatic N) is 2. The van der Waals surface area contributed by atoms with Crippen molar-refractivity contribution < 1.29 is 14.3 Å². The van der Waals surface area contributed by atoms with Gasteiger partial charge in [0.05, 0.1) is 18.8 Å². The molecule has 0 saturated heterocycles. The molecule has 1 unspecified atom stereocenters. The summed E-state index contributed by atoms with van der Waals surface area (Å²) in [5.74, 6) is 1.49. The molecule has 0 spiro atoms. The number of hydrogen-bond acceptors (Lipinski definition) is 4. The number of H-pyrrole nitrogens is 1. The van der Waals surface area contributed by atoms with Crippen molar-refractivity contribution in [3.63, 3.8) is 0 Å². The first-order valence-corrected chi connectivity index (χ1v) is 12.6. The van der Waals surface area contributed by atoms with E-state index in [1.807, 2.05) is 114 Å². The number of aromatic nitrogens is 2. The third-order valence-corrected chi connectivity index (χ3v) is 6.87. The number of fused-ring (bicyclic) bond motifs is 1. The molecule has 0 aliphatic carbocycles. The molecular weight excluding hydrogens is 474 g/mol. The lowest BCUT2D eigenvalue weighted by Gasteiger charge is -2.27.